The first-order chi connectivity index (χ1) is 9.77. The van der Waals surface area contributed by atoms with Gasteiger partial charge in [-0.25, -0.2) is 0 Å². The minimum absolute atomic E-state index is 0.395. The van der Waals surface area contributed by atoms with Crippen LogP contribution in [0.5, 0.6) is 0 Å². The van der Waals surface area contributed by atoms with Crippen molar-refractivity contribution in [2.75, 3.05) is 31.2 Å². The number of rotatable bonds is 3. The van der Waals surface area contributed by atoms with E-state index in [4.69, 9.17) is 10.5 Å². The molecule has 104 valence electrons. The zero-order chi connectivity index (χ0) is 13.9. The van der Waals surface area contributed by atoms with Gasteiger partial charge in [0.05, 0.1) is 24.5 Å². The number of primary amides is 1. The summed E-state index contributed by atoms with van der Waals surface area (Å²) < 4.78 is 5.33. The number of anilines is 1. The number of morpholine rings is 1. The van der Waals surface area contributed by atoms with Gasteiger partial charge in [0.1, 0.15) is 11.2 Å². The molecule has 8 heteroatoms. The summed E-state index contributed by atoms with van der Waals surface area (Å²) in [6.07, 6.45) is 1.66. The van der Waals surface area contributed by atoms with E-state index in [-0.39, 0.29) is 0 Å². The van der Waals surface area contributed by atoms with Gasteiger partial charge in [-0.2, -0.15) is 0 Å². The monoisotopic (exact) mass is 291 g/mol. The van der Waals surface area contributed by atoms with Crippen LogP contribution in [0.15, 0.2) is 17.8 Å². The molecule has 1 amide bonds. The molecule has 2 N–H and O–H groups in total. The Labute approximate surface area is 119 Å². The number of nitrogens with zero attached hydrogens (tertiary/aromatic N) is 4. The lowest BCUT2D eigenvalue weighted by Gasteiger charge is -2.30. The fourth-order valence-electron chi connectivity index (χ4n) is 2.20. The van der Waals surface area contributed by atoms with E-state index in [0.29, 0.717) is 29.5 Å². The van der Waals surface area contributed by atoms with Crippen LogP contribution in [0.1, 0.15) is 10.4 Å². The standard InChI is InChI=1S/C12H13N5O2S/c13-11(18)9-8(17-3-5-19-6-4-17)1-2-14-10(9)12-16-15-7-20-12/h1-2,7H,3-6H2,(H2,13,18). The number of ether oxygens (including phenoxy) is 1. The highest BCUT2D eigenvalue weighted by Crippen LogP contribution is 2.30. The lowest BCUT2D eigenvalue weighted by molar-refractivity contribution is 0.0998. The molecular weight excluding hydrogens is 278 g/mol. The van der Waals surface area contributed by atoms with E-state index in [1.807, 2.05) is 0 Å². The van der Waals surface area contributed by atoms with Gasteiger partial charge >= 0.3 is 0 Å². The van der Waals surface area contributed by atoms with E-state index in [2.05, 4.69) is 20.1 Å². The van der Waals surface area contributed by atoms with Crippen molar-refractivity contribution in [3.8, 4) is 10.7 Å². The third kappa shape index (κ3) is 2.35. The lowest BCUT2D eigenvalue weighted by Crippen LogP contribution is -2.37. The van der Waals surface area contributed by atoms with Gasteiger partial charge in [0, 0.05) is 19.3 Å². The number of pyridine rings is 1. The van der Waals surface area contributed by atoms with Crippen molar-refractivity contribution in [2.45, 2.75) is 0 Å². The largest absolute Gasteiger partial charge is 0.378 e. The fourth-order valence-corrected chi connectivity index (χ4v) is 2.76. The Kier molecular flexibility index (Phi) is 3.57. The van der Waals surface area contributed by atoms with E-state index >= 15 is 0 Å². The second-order valence-electron chi connectivity index (χ2n) is 4.26. The van der Waals surface area contributed by atoms with Crippen LogP contribution < -0.4 is 10.6 Å². The Morgan fingerprint density at radius 1 is 1.40 bits per heavy atom. The van der Waals surface area contributed by atoms with E-state index in [0.717, 1.165) is 18.8 Å². The van der Waals surface area contributed by atoms with Crippen molar-refractivity contribution in [1.29, 1.82) is 0 Å². The average molecular weight is 291 g/mol. The third-order valence-corrected chi connectivity index (χ3v) is 3.79. The highest BCUT2D eigenvalue weighted by molar-refractivity contribution is 7.12. The molecule has 1 aliphatic heterocycles. The molecule has 1 aliphatic rings. The first-order valence-electron chi connectivity index (χ1n) is 6.15. The Morgan fingerprint density at radius 3 is 2.85 bits per heavy atom. The molecule has 2 aromatic heterocycles. The second-order valence-corrected chi connectivity index (χ2v) is 5.09. The summed E-state index contributed by atoms with van der Waals surface area (Å²) in [7, 11) is 0. The van der Waals surface area contributed by atoms with Gasteiger partial charge in [-0.1, -0.05) is 11.3 Å². The van der Waals surface area contributed by atoms with Crippen LogP contribution in [-0.4, -0.2) is 47.4 Å². The first kappa shape index (κ1) is 12.9. The summed E-state index contributed by atoms with van der Waals surface area (Å²) in [6, 6.07) is 1.80. The van der Waals surface area contributed by atoms with Crippen LogP contribution in [0.25, 0.3) is 10.7 Å². The number of nitrogens with two attached hydrogens (primary N) is 1. The first-order valence-corrected chi connectivity index (χ1v) is 7.03. The number of carbonyl (C=O) groups is 1. The number of carbonyl (C=O) groups excluding carboxylic acids is 1. The maximum Gasteiger partial charge on any atom is 0.253 e. The molecule has 0 radical (unpaired) electrons. The van der Waals surface area contributed by atoms with Crippen LogP contribution in [0, 0.1) is 0 Å². The Balaban J connectivity index is 2.10. The SMILES string of the molecule is NC(=O)c1c(N2CCOCC2)ccnc1-c1nncs1. The maximum atomic E-state index is 11.9. The molecule has 3 rings (SSSR count). The molecule has 0 aromatic carbocycles. The van der Waals surface area contributed by atoms with Crippen molar-refractivity contribution in [1.82, 2.24) is 15.2 Å². The number of amides is 1. The minimum atomic E-state index is -0.509. The normalized spacial score (nSPS) is 15.3. The molecular formula is C12H13N5O2S. The summed E-state index contributed by atoms with van der Waals surface area (Å²) in [5, 5.41) is 8.35. The lowest BCUT2D eigenvalue weighted by atomic mass is 10.1. The van der Waals surface area contributed by atoms with Gasteiger partial charge in [-0.3, -0.25) is 9.78 Å². The topological polar surface area (TPSA) is 94.2 Å². The average Bonchev–Trinajstić information content (AvgIpc) is 3.01. The quantitative estimate of drug-likeness (QED) is 0.886. The van der Waals surface area contributed by atoms with E-state index < -0.39 is 5.91 Å². The smallest absolute Gasteiger partial charge is 0.253 e. The molecule has 7 nitrogen and oxygen atoms in total. The molecule has 0 bridgehead atoms. The summed E-state index contributed by atoms with van der Waals surface area (Å²) in [6.45, 7) is 2.71. The molecule has 0 atom stereocenters. The van der Waals surface area contributed by atoms with Crippen LogP contribution in [0.4, 0.5) is 5.69 Å². The molecule has 0 spiro atoms. The van der Waals surface area contributed by atoms with Crippen molar-refractivity contribution in [3.63, 3.8) is 0 Å². The molecule has 1 fully saturated rings. The zero-order valence-electron chi connectivity index (χ0n) is 10.7. The molecule has 3 heterocycles. The number of hydrogen-bond acceptors (Lipinski definition) is 7. The number of hydrogen-bond donors (Lipinski definition) is 1. The summed E-state index contributed by atoms with van der Waals surface area (Å²) in [4.78, 5) is 18.2. The van der Waals surface area contributed by atoms with Crippen molar-refractivity contribution in [3.05, 3.63) is 23.3 Å². The van der Waals surface area contributed by atoms with Gasteiger partial charge in [0.15, 0.2) is 5.01 Å². The van der Waals surface area contributed by atoms with Gasteiger partial charge in [-0.15, -0.1) is 10.2 Å². The van der Waals surface area contributed by atoms with Crippen LogP contribution in [0.2, 0.25) is 0 Å². The van der Waals surface area contributed by atoms with Crippen LogP contribution in [-0.2, 0) is 4.74 Å². The van der Waals surface area contributed by atoms with Crippen molar-refractivity contribution >= 4 is 22.9 Å². The van der Waals surface area contributed by atoms with Gasteiger partial charge in [0.2, 0.25) is 0 Å². The van der Waals surface area contributed by atoms with Crippen LogP contribution in [0.3, 0.4) is 0 Å². The van der Waals surface area contributed by atoms with E-state index in [1.165, 1.54) is 11.3 Å². The van der Waals surface area contributed by atoms with E-state index in [1.54, 1.807) is 17.8 Å². The predicted octanol–water partition coefficient (Wildman–Crippen LogP) is 0.536. The Hall–Kier alpha value is -2.06. The van der Waals surface area contributed by atoms with Crippen molar-refractivity contribution in [2.24, 2.45) is 5.73 Å². The fraction of sp³-hybridized carbons (Fsp3) is 0.333. The Bertz CT molecular complexity index is 610. The minimum Gasteiger partial charge on any atom is -0.378 e. The predicted molar refractivity (Wildman–Crippen MR) is 74.7 cm³/mol. The summed E-state index contributed by atoms with van der Waals surface area (Å²) >= 11 is 1.33. The Morgan fingerprint density at radius 2 is 2.20 bits per heavy atom. The maximum absolute atomic E-state index is 11.9. The highest BCUT2D eigenvalue weighted by Gasteiger charge is 2.23. The summed E-state index contributed by atoms with van der Waals surface area (Å²) in [5.74, 6) is -0.509. The second kappa shape index (κ2) is 5.51. The van der Waals surface area contributed by atoms with E-state index in [9.17, 15) is 4.79 Å². The third-order valence-electron chi connectivity index (χ3n) is 3.09. The van der Waals surface area contributed by atoms with Gasteiger partial charge in [-0.05, 0) is 6.07 Å². The van der Waals surface area contributed by atoms with Crippen LogP contribution >= 0.6 is 11.3 Å². The molecule has 0 unspecified atom stereocenters. The molecule has 0 saturated carbocycles. The van der Waals surface area contributed by atoms with Gasteiger partial charge < -0.3 is 15.4 Å². The number of aromatic nitrogens is 3. The summed E-state index contributed by atoms with van der Waals surface area (Å²) in [5.41, 5.74) is 8.81. The van der Waals surface area contributed by atoms with Crippen molar-refractivity contribution < 1.29 is 9.53 Å². The molecule has 2 aromatic rings. The molecule has 20 heavy (non-hydrogen) atoms. The molecule has 0 aliphatic carbocycles. The van der Waals surface area contributed by atoms with Gasteiger partial charge in [0.25, 0.3) is 5.91 Å². The zero-order valence-corrected chi connectivity index (χ0v) is 11.5. The highest BCUT2D eigenvalue weighted by atomic mass is 32.1. The molecule has 1 saturated heterocycles.